The summed E-state index contributed by atoms with van der Waals surface area (Å²) in [6.07, 6.45) is 2.72. The fraction of sp³-hybridized carbons (Fsp3) is 0.167. The zero-order valence-corrected chi connectivity index (χ0v) is 12.0. The smallest absolute Gasteiger partial charge is 0.251 e. The van der Waals surface area contributed by atoms with Crippen molar-refractivity contribution in [3.8, 4) is 0 Å². The van der Waals surface area contributed by atoms with E-state index in [9.17, 15) is 4.79 Å². The second kappa shape index (κ2) is 5.83. The van der Waals surface area contributed by atoms with Crippen LogP contribution in [0.1, 0.15) is 21.5 Å². The number of hydrogen-bond acceptors (Lipinski definition) is 1. The van der Waals surface area contributed by atoms with Gasteiger partial charge in [0, 0.05) is 29.2 Å². The largest absolute Gasteiger partial charge is 0.361 e. The number of nitrogens with one attached hydrogen (secondary N) is 2. The Morgan fingerprint density at radius 2 is 1.90 bits per heavy atom. The topological polar surface area (TPSA) is 44.9 Å². The highest BCUT2D eigenvalue weighted by molar-refractivity contribution is 5.98. The van der Waals surface area contributed by atoms with Crippen LogP contribution in [-0.4, -0.2) is 17.4 Å². The highest BCUT2D eigenvalue weighted by Gasteiger charge is 2.06. The lowest BCUT2D eigenvalue weighted by Gasteiger charge is -2.06. The van der Waals surface area contributed by atoms with Crippen LogP contribution in [0.2, 0.25) is 0 Å². The molecular weight excluding hydrogens is 260 g/mol. The van der Waals surface area contributed by atoms with Crippen LogP contribution in [0.3, 0.4) is 0 Å². The average molecular weight is 278 g/mol. The van der Waals surface area contributed by atoms with Crippen LogP contribution in [0.5, 0.6) is 0 Å². The number of amides is 1. The van der Waals surface area contributed by atoms with Crippen LogP contribution in [0.25, 0.3) is 10.9 Å². The van der Waals surface area contributed by atoms with Crippen molar-refractivity contribution >= 4 is 16.8 Å². The molecule has 0 aliphatic rings. The lowest BCUT2D eigenvalue weighted by atomic mass is 10.1. The molecule has 3 rings (SSSR count). The molecule has 2 N–H and O–H groups in total. The maximum atomic E-state index is 12.1. The van der Waals surface area contributed by atoms with Gasteiger partial charge in [-0.3, -0.25) is 4.79 Å². The number of aromatic nitrogens is 1. The zero-order valence-electron chi connectivity index (χ0n) is 12.0. The van der Waals surface area contributed by atoms with E-state index in [0.717, 1.165) is 17.3 Å². The summed E-state index contributed by atoms with van der Waals surface area (Å²) in [5.74, 6) is -0.0230. The van der Waals surface area contributed by atoms with Crippen LogP contribution in [0, 0.1) is 6.92 Å². The minimum absolute atomic E-state index is 0.0230. The number of H-pyrrole nitrogens is 1. The van der Waals surface area contributed by atoms with E-state index in [1.54, 1.807) is 0 Å². The highest BCUT2D eigenvalue weighted by atomic mass is 16.1. The first-order chi connectivity index (χ1) is 10.2. The summed E-state index contributed by atoms with van der Waals surface area (Å²) in [6.45, 7) is 2.72. The summed E-state index contributed by atoms with van der Waals surface area (Å²) in [5.41, 5.74) is 4.24. The van der Waals surface area contributed by atoms with Gasteiger partial charge < -0.3 is 10.3 Å². The summed E-state index contributed by atoms with van der Waals surface area (Å²) in [6, 6.07) is 16.1. The highest BCUT2D eigenvalue weighted by Crippen LogP contribution is 2.14. The van der Waals surface area contributed by atoms with E-state index in [4.69, 9.17) is 0 Å². The Labute approximate surface area is 124 Å². The number of aryl methyl sites for hydroxylation is 1. The van der Waals surface area contributed by atoms with Gasteiger partial charge in [-0.1, -0.05) is 29.8 Å². The van der Waals surface area contributed by atoms with Crippen molar-refractivity contribution in [3.63, 3.8) is 0 Å². The summed E-state index contributed by atoms with van der Waals surface area (Å²) in [5, 5.41) is 4.03. The maximum Gasteiger partial charge on any atom is 0.251 e. The van der Waals surface area contributed by atoms with Crippen molar-refractivity contribution in [1.82, 2.24) is 10.3 Å². The first kappa shape index (κ1) is 13.4. The Morgan fingerprint density at radius 1 is 1.10 bits per heavy atom. The van der Waals surface area contributed by atoms with E-state index in [2.05, 4.69) is 41.5 Å². The second-order valence-corrected chi connectivity index (χ2v) is 5.27. The lowest BCUT2D eigenvalue weighted by Crippen LogP contribution is -2.25. The number of hydrogen-bond donors (Lipinski definition) is 2. The first-order valence-electron chi connectivity index (χ1n) is 7.13. The Hall–Kier alpha value is -2.55. The van der Waals surface area contributed by atoms with Gasteiger partial charge in [-0.15, -0.1) is 0 Å². The third-order valence-corrected chi connectivity index (χ3v) is 3.64. The van der Waals surface area contributed by atoms with Gasteiger partial charge in [-0.2, -0.15) is 0 Å². The molecule has 0 saturated carbocycles. The SMILES string of the molecule is Cc1ccc(CCNC(=O)c2ccc3[nH]ccc3c2)cc1. The molecule has 3 nitrogen and oxygen atoms in total. The fourth-order valence-electron chi connectivity index (χ4n) is 2.37. The predicted molar refractivity (Wildman–Crippen MR) is 85.5 cm³/mol. The predicted octanol–water partition coefficient (Wildman–Crippen LogP) is 3.45. The van der Waals surface area contributed by atoms with Gasteiger partial charge in [0.15, 0.2) is 0 Å². The van der Waals surface area contributed by atoms with Crippen LogP contribution in [0.15, 0.2) is 54.7 Å². The van der Waals surface area contributed by atoms with E-state index < -0.39 is 0 Å². The Balaban J connectivity index is 1.59. The standard InChI is InChI=1S/C18H18N2O/c1-13-2-4-14(5-3-13)8-10-20-18(21)16-6-7-17-15(12-16)9-11-19-17/h2-7,9,11-12,19H,8,10H2,1H3,(H,20,21). The van der Waals surface area contributed by atoms with Crippen molar-refractivity contribution in [3.05, 3.63) is 71.4 Å². The summed E-state index contributed by atoms with van der Waals surface area (Å²) in [7, 11) is 0. The maximum absolute atomic E-state index is 12.1. The van der Waals surface area contributed by atoms with Gasteiger partial charge in [0.1, 0.15) is 0 Å². The quantitative estimate of drug-likeness (QED) is 0.754. The van der Waals surface area contributed by atoms with Crippen LogP contribution in [-0.2, 0) is 6.42 Å². The van der Waals surface area contributed by atoms with Gasteiger partial charge in [0.05, 0.1) is 0 Å². The molecule has 3 aromatic rings. The molecular formula is C18H18N2O. The molecule has 1 aromatic heterocycles. The van der Waals surface area contributed by atoms with E-state index in [0.29, 0.717) is 12.1 Å². The molecule has 1 heterocycles. The molecule has 0 aliphatic carbocycles. The monoisotopic (exact) mass is 278 g/mol. The number of rotatable bonds is 4. The van der Waals surface area contributed by atoms with Crippen LogP contribution < -0.4 is 5.32 Å². The molecule has 0 radical (unpaired) electrons. The minimum atomic E-state index is -0.0230. The normalized spacial score (nSPS) is 10.7. The Morgan fingerprint density at radius 3 is 2.71 bits per heavy atom. The summed E-state index contributed by atoms with van der Waals surface area (Å²) >= 11 is 0. The van der Waals surface area contributed by atoms with E-state index >= 15 is 0 Å². The molecule has 0 unspecified atom stereocenters. The van der Waals surface area contributed by atoms with Crippen molar-refractivity contribution in [1.29, 1.82) is 0 Å². The molecule has 0 spiro atoms. The minimum Gasteiger partial charge on any atom is -0.361 e. The van der Waals surface area contributed by atoms with E-state index in [1.165, 1.54) is 11.1 Å². The van der Waals surface area contributed by atoms with Crippen molar-refractivity contribution in [2.75, 3.05) is 6.54 Å². The van der Waals surface area contributed by atoms with Crippen LogP contribution in [0.4, 0.5) is 0 Å². The zero-order chi connectivity index (χ0) is 14.7. The van der Waals surface area contributed by atoms with Gasteiger partial charge >= 0.3 is 0 Å². The number of fused-ring (bicyclic) bond motifs is 1. The van der Waals surface area contributed by atoms with E-state index in [1.807, 2.05) is 30.5 Å². The Kier molecular flexibility index (Phi) is 3.73. The summed E-state index contributed by atoms with van der Waals surface area (Å²) < 4.78 is 0. The molecule has 0 aliphatic heterocycles. The van der Waals surface area contributed by atoms with E-state index in [-0.39, 0.29) is 5.91 Å². The lowest BCUT2D eigenvalue weighted by molar-refractivity contribution is 0.0954. The van der Waals surface area contributed by atoms with Crippen LogP contribution >= 0.6 is 0 Å². The average Bonchev–Trinajstić information content (AvgIpc) is 2.96. The molecule has 0 atom stereocenters. The van der Waals surface area contributed by atoms with Crippen molar-refractivity contribution in [2.45, 2.75) is 13.3 Å². The van der Waals surface area contributed by atoms with Crippen molar-refractivity contribution < 1.29 is 4.79 Å². The third kappa shape index (κ3) is 3.14. The van der Waals surface area contributed by atoms with Gasteiger partial charge in [-0.05, 0) is 43.2 Å². The first-order valence-corrected chi connectivity index (χ1v) is 7.13. The van der Waals surface area contributed by atoms with Gasteiger partial charge in [0.25, 0.3) is 5.91 Å². The molecule has 0 saturated heterocycles. The molecule has 0 bridgehead atoms. The number of carbonyl (C=O) groups excluding carboxylic acids is 1. The fourth-order valence-corrected chi connectivity index (χ4v) is 2.37. The molecule has 1 amide bonds. The summed E-state index contributed by atoms with van der Waals surface area (Å²) in [4.78, 5) is 15.3. The third-order valence-electron chi connectivity index (χ3n) is 3.64. The Bertz CT molecular complexity index is 756. The molecule has 2 aromatic carbocycles. The number of aromatic amines is 1. The van der Waals surface area contributed by atoms with Gasteiger partial charge in [0.2, 0.25) is 0 Å². The molecule has 21 heavy (non-hydrogen) atoms. The molecule has 3 heteroatoms. The molecule has 0 fully saturated rings. The number of carbonyl (C=O) groups is 1. The van der Waals surface area contributed by atoms with Gasteiger partial charge in [-0.25, -0.2) is 0 Å². The number of benzene rings is 2. The molecule has 106 valence electrons. The van der Waals surface area contributed by atoms with Crippen molar-refractivity contribution in [2.24, 2.45) is 0 Å². The second-order valence-electron chi connectivity index (χ2n) is 5.27.